The molecule has 14 rings (SSSR count). The fourth-order valence-corrected chi connectivity index (χ4v) is 16.3. The number of methoxy groups -OCH3 is 4. The molecule has 3 aliphatic heterocycles. The molecule has 9 aromatic rings. The van der Waals surface area contributed by atoms with Gasteiger partial charge in [0, 0.05) is 129 Å². The number of primary amides is 1. The number of benzene rings is 5. The first-order chi connectivity index (χ1) is 49.9. The highest BCUT2D eigenvalue weighted by Crippen LogP contribution is 2.44. The number of aromatic nitrogens is 8. The molecule has 0 spiro atoms. The molecule has 0 radical (unpaired) electrons. The quantitative estimate of drug-likeness (QED) is 0.0490. The van der Waals surface area contributed by atoms with Gasteiger partial charge in [-0.3, -0.25) is 29.0 Å². The summed E-state index contributed by atoms with van der Waals surface area (Å²) in [5.74, 6) is 5.83. The number of hydrogen-bond acceptors (Lipinski definition) is 14. The molecular formula is C80H96FN13O9. The number of rotatable bonds is 17. The first-order valence-corrected chi connectivity index (χ1v) is 36.4. The van der Waals surface area contributed by atoms with E-state index < -0.39 is 0 Å². The van der Waals surface area contributed by atoms with Crippen molar-refractivity contribution < 1.29 is 47.3 Å². The molecule has 5 aromatic carbocycles. The number of Topliss-reactive ketones (excluding diaryl/α,β-unsaturated/α-hetero) is 1. The smallest absolute Gasteiger partial charge is 0.414 e. The van der Waals surface area contributed by atoms with Crippen LogP contribution >= 0.6 is 0 Å². The number of nitrogens with two attached hydrogens (primary N) is 1. The highest BCUT2D eigenvalue weighted by atomic mass is 19.1. The van der Waals surface area contributed by atoms with Gasteiger partial charge < -0.3 is 43.7 Å². The third-order valence-electron chi connectivity index (χ3n) is 21.7. The molecule has 4 aromatic heterocycles. The Labute approximate surface area is 601 Å². The molecule has 103 heavy (non-hydrogen) atoms. The summed E-state index contributed by atoms with van der Waals surface area (Å²) in [4.78, 5) is 82.0. The van der Waals surface area contributed by atoms with Crippen molar-refractivity contribution in [2.24, 2.45) is 17.6 Å². The Balaban J connectivity index is 0.000000146. The highest BCUT2D eigenvalue weighted by molar-refractivity contribution is 5.98. The Morgan fingerprint density at radius 3 is 1.52 bits per heavy atom. The first-order valence-electron chi connectivity index (χ1n) is 36.4. The lowest BCUT2D eigenvalue weighted by Gasteiger charge is -2.34. The number of ketones is 1. The van der Waals surface area contributed by atoms with E-state index in [1.807, 2.05) is 60.3 Å². The second-order valence-corrected chi connectivity index (χ2v) is 28.0. The van der Waals surface area contributed by atoms with Gasteiger partial charge in [0.1, 0.15) is 34.8 Å². The predicted molar refractivity (Wildman–Crippen MR) is 396 cm³/mol. The van der Waals surface area contributed by atoms with E-state index in [-0.39, 0.29) is 77.8 Å². The number of carbonyl (C=O) groups excluding carboxylic acids is 5. The van der Waals surface area contributed by atoms with Gasteiger partial charge in [-0.05, 0) is 183 Å². The summed E-state index contributed by atoms with van der Waals surface area (Å²) >= 11 is 0. The van der Waals surface area contributed by atoms with Crippen molar-refractivity contribution in [2.45, 2.75) is 187 Å². The molecule has 3 atom stereocenters. The second-order valence-electron chi connectivity index (χ2n) is 28.0. The van der Waals surface area contributed by atoms with E-state index in [2.05, 4.69) is 80.3 Å². The summed E-state index contributed by atoms with van der Waals surface area (Å²) in [7, 11) is 5.79. The average Bonchev–Trinajstić information content (AvgIpc) is 1.65. The normalized spacial score (nSPS) is 20.0. The van der Waals surface area contributed by atoms with Crippen LogP contribution in [0.5, 0.6) is 5.75 Å². The van der Waals surface area contributed by atoms with Crippen LogP contribution in [0.3, 0.4) is 0 Å². The van der Waals surface area contributed by atoms with E-state index in [0.29, 0.717) is 18.6 Å². The van der Waals surface area contributed by atoms with Gasteiger partial charge in [-0.1, -0.05) is 30.3 Å². The Bertz CT molecular complexity index is 4580. The van der Waals surface area contributed by atoms with Gasteiger partial charge >= 0.3 is 18.3 Å². The fourth-order valence-electron chi connectivity index (χ4n) is 16.3. The van der Waals surface area contributed by atoms with Gasteiger partial charge in [0.2, 0.25) is 5.91 Å². The van der Waals surface area contributed by atoms with Gasteiger partial charge in [-0.25, -0.2) is 33.7 Å². The molecule has 2 fully saturated rings. The number of ether oxygens (including phenoxy) is 4. The molecule has 7 heterocycles. The summed E-state index contributed by atoms with van der Waals surface area (Å²) in [6, 6.07) is 30.0. The van der Waals surface area contributed by atoms with Gasteiger partial charge in [-0.15, -0.1) is 12.3 Å². The summed E-state index contributed by atoms with van der Waals surface area (Å²) in [5.41, 5.74) is 19.5. The van der Waals surface area contributed by atoms with Crippen LogP contribution in [0.1, 0.15) is 162 Å². The van der Waals surface area contributed by atoms with Gasteiger partial charge in [0.15, 0.2) is 0 Å². The zero-order valence-electron chi connectivity index (χ0n) is 60.5. The topological polar surface area (TPSA) is 241 Å². The third kappa shape index (κ3) is 15.5. The lowest BCUT2D eigenvalue weighted by molar-refractivity contribution is -0.123. The zero-order chi connectivity index (χ0) is 72.6. The largest absolute Gasteiger partial charge is 0.497 e. The maximum absolute atomic E-state index is 14.3. The summed E-state index contributed by atoms with van der Waals surface area (Å²) in [5, 5.41) is 7.72. The molecule has 2 saturated carbocycles. The van der Waals surface area contributed by atoms with Crippen molar-refractivity contribution in [3.8, 4) is 18.1 Å². The first kappa shape index (κ1) is 72.7. The molecule has 3 N–H and O–H groups in total. The van der Waals surface area contributed by atoms with E-state index in [4.69, 9.17) is 46.1 Å². The molecule has 0 unspecified atom stereocenters. The Morgan fingerprint density at radius 2 is 1.06 bits per heavy atom. The van der Waals surface area contributed by atoms with Crippen molar-refractivity contribution in [3.63, 3.8) is 0 Å². The number of terminal acetylenes is 1. The Kier molecular flexibility index (Phi) is 22.9. The minimum atomic E-state index is -0.373. The Morgan fingerprint density at radius 1 is 0.573 bits per heavy atom. The standard InChI is InChI=1S/C29H34FN3O4.C27H32N4O3.C24H30N6O2/c1-17-5-10-24-25(32(17)29(35)37-4)11-12-26-28(24)31-27(15-19-13-21(30)16-23(14-19)36-3)33(26)22-8-6-20(7-9-22)18(2)34;1-17-8-13-21-22(30(17)27(33)34-2)14-15-23-25(21)29-24(16-18-6-4-3-5-7-18)31(23)20-11-9-19(10-12-20)26(28)32;1-4-5-12-25-14-17-29-21-10-9-20-19(8-7-18(2)30(20)24(31)32-3)23(21)27-22(29)11-16-28-15-6-13-26-28/h11-14,16-17,20,22H,5-10,15H2,1-4H3;3-7,14-15,17,19-20H,8-13,16H2,1-2H3,(H2,28,32);1,6,9-10,13,15,18,25H,5,7-8,11-12,14,16-17H2,2-3H3/t17-,20?,22?;17-,19?,20?;18-/m000/s1. The minimum Gasteiger partial charge on any atom is -0.497 e. The van der Waals surface area contributed by atoms with Crippen LogP contribution in [0.25, 0.3) is 33.1 Å². The lowest BCUT2D eigenvalue weighted by atomic mass is 9.83. The number of aryl methyl sites for hydroxylation is 5. The van der Waals surface area contributed by atoms with E-state index >= 15 is 0 Å². The summed E-state index contributed by atoms with van der Waals surface area (Å²) in [6.45, 7) is 11.0. The average molecular weight is 1400 g/mol. The number of carbonyl (C=O) groups is 5. The van der Waals surface area contributed by atoms with Gasteiger partial charge in [0.25, 0.3) is 0 Å². The van der Waals surface area contributed by atoms with Gasteiger partial charge in [-0.2, -0.15) is 5.10 Å². The second kappa shape index (κ2) is 32.5. The number of nitrogens with one attached hydrogen (secondary N) is 1. The lowest BCUT2D eigenvalue weighted by Crippen LogP contribution is -2.42. The third-order valence-corrected chi connectivity index (χ3v) is 21.7. The monoisotopic (exact) mass is 1400 g/mol. The van der Waals surface area contributed by atoms with E-state index in [1.165, 1.54) is 46.1 Å². The number of halogens is 1. The number of hydrogen-bond donors (Lipinski definition) is 2. The minimum absolute atomic E-state index is 0.0283. The molecule has 22 nitrogen and oxygen atoms in total. The van der Waals surface area contributed by atoms with Crippen LogP contribution in [-0.2, 0) is 75.4 Å². The Hall–Kier alpha value is -10.1. The number of nitrogens with zero attached hydrogens (tertiary/aromatic N) is 11. The maximum atomic E-state index is 14.3. The van der Waals surface area contributed by atoms with Crippen LogP contribution in [0.2, 0.25) is 0 Å². The van der Waals surface area contributed by atoms with Crippen LogP contribution in [-0.4, -0.2) is 128 Å². The summed E-state index contributed by atoms with van der Waals surface area (Å²) in [6.07, 6.45) is 22.8. The molecule has 542 valence electrons. The maximum Gasteiger partial charge on any atom is 0.414 e. The van der Waals surface area contributed by atoms with Crippen molar-refractivity contribution in [2.75, 3.05) is 56.2 Å². The van der Waals surface area contributed by atoms with Gasteiger partial charge in [0.05, 0.1) is 78.6 Å². The van der Waals surface area contributed by atoms with Crippen LogP contribution in [0.15, 0.2) is 103 Å². The van der Waals surface area contributed by atoms with E-state index in [1.54, 1.807) is 27.8 Å². The predicted octanol–water partition coefficient (Wildman–Crippen LogP) is 13.7. The molecule has 4 amide bonds. The van der Waals surface area contributed by atoms with Crippen LogP contribution in [0, 0.1) is 30.0 Å². The van der Waals surface area contributed by atoms with Crippen molar-refractivity contribution >= 4 is 80.1 Å². The molecule has 5 aliphatic rings. The zero-order valence-corrected chi connectivity index (χ0v) is 60.5. The number of imidazole rings is 3. The fraction of sp³-hybridized carbons (Fsp3) is 0.463. The summed E-state index contributed by atoms with van der Waals surface area (Å²) < 4.78 is 43.7. The highest BCUT2D eigenvalue weighted by Gasteiger charge is 2.37. The number of fused-ring (bicyclic) bond motifs is 9. The van der Waals surface area contributed by atoms with Crippen molar-refractivity contribution in [1.29, 1.82) is 0 Å². The van der Waals surface area contributed by atoms with Crippen molar-refractivity contribution in [1.82, 2.24) is 43.8 Å². The van der Waals surface area contributed by atoms with Crippen molar-refractivity contribution in [3.05, 3.63) is 154 Å². The molecule has 0 saturated heterocycles. The van der Waals surface area contributed by atoms with Crippen LogP contribution in [0.4, 0.5) is 35.8 Å². The molecule has 2 aliphatic carbocycles. The molecule has 23 heteroatoms. The number of anilines is 3. The number of amides is 4. The molecule has 0 bridgehead atoms. The molecular weight excluding hydrogens is 1310 g/mol. The van der Waals surface area contributed by atoms with E-state index in [9.17, 15) is 28.4 Å². The van der Waals surface area contributed by atoms with Crippen LogP contribution < -0.4 is 30.5 Å². The van der Waals surface area contributed by atoms with E-state index in [0.717, 1.165) is 219 Å². The SMILES string of the molecule is C#CCCNCCn1c(CCn2cccn2)nc2c3c(ccc21)N(C(=O)OC)[C@@H](C)CC3.COC(=O)N1c2ccc3c(nc(Cc4cc(F)cc(OC)c4)n3C3CCC(C(C)=O)CC3)c2CC[C@@H]1C.COC(=O)N1c2ccc3c(nc(Cc4ccccc4)n3C3CCC(C(N)=O)CC3)c2CC[C@@H]1C.